The first-order chi connectivity index (χ1) is 17.1. The van der Waals surface area contributed by atoms with Crippen molar-refractivity contribution >= 4 is 11.7 Å². The maximum atomic E-state index is 15.1. The summed E-state index contributed by atoms with van der Waals surface area (Å²) < 4.78 is 0. The standard InChI is InChI=1S/C32H27NO2/c33-29(34)26-21-31(24-17-9-3-10-18-24)27(22-13-5-1-6-14-22)28(23-15-7-2-8-16-23)32(26,30(31)35)25-19-11-4-12-20-25/h1-20,26-28H,21H2,(H2,33,34)/t26-,27?,28?,31-,32-/m1/s1. The molecular formula is C32H27NO2. The maximum Gasteiger partial charge on any atom is 0.221 e. The molecule has 0 heterocycles. The summed E-state index contributed by atoms with van der Waals surface area (Å²) in [5.41, 5.74) is 8.23. The van der Waals surface area contributed by atoms with E-state index in [4.69, 9.17) is 5.73 Å². The zero-order valence-electron chi connectivity index (χ0n) is 19.4. The van der Waals surface area contributed by atoms with E-state index in [-0.39, 0.29) is 17.6 Å². The molecule has 0 aliphatic heterocycles. The molecule has 2 bridgehead atoms. The van der Waals surface area contributed by atoms with Crippen molar-refractivity contribution in [3.63, 3.8) is 0 Å². The van der Waals surface area contributed by atoms with Gasteiger partial charge in [0.1, 0.15) is 0 Å². The molecule has 0 aromatic heterocycles. The van der Waals surface area contributed by atoms with E-state index >= 15 is 4.79 Å². The molecule has 172 valence electrons. The number of fused-ring (bicyclic) bond motifs is 2. The molecule has 3 nitrogen and oxygen atoms in total. The van der Waals surface area contributed by atoms with Crippen molar-refractivity contribution < 1.29 is 9.59 Å². The molecule has 4 aromatic rings. The Morgan fingerprint density at radius 1 is 0.629 bits per heavy atom. The van der Waals surface area contributed by atoms with E-state index in [0.29, 0.717) is 6.42 Å². The number of Topliss-reactive ketones (excluding diaryl/α,β-unsaturated/α-hetero) is 1. The topological polar surface area (TPSA) is 60.2 Å². The molecule has 2 unspecified atom stereocenters. The van der Waals surface area contributed by atoms with Crippen molar-refractivity contribution in [1.82, 2.24) is 0 Å². The molecule has 4 aromatic carbocycles. The number of carbonyl (C=O) groups excluding carboxylic acids is 2. The molecule has 2 aliphatic rings. The van der Waals surface area contributed by atoms with Crippen molar-refractivity contribution in [3.8, 4) is 0 Å². The predicted molar refractivity (Wildman–Crippen MR) is 137 cm³/mol. The van der Waals surface area contributed by atoms with Crippen molar-refractivity contribution in [2.45, 2.75) is 29.1 Å². The molecule has 2 aliphatic carbocycles. The highest BCUT2D eigenvalue weighted by Crippen LogP contribution is 2.73. The number of hydrogen-bond donors (Lipinski definition) is 1. The number of benzene rings is 4. The number of rotatable bonds is 5. The average Bonchev–Trinajstić information content (AvgIpc) is 3.33. The molecule has 2 N–H and O–H groups in total. The first kappa shape index (κ1) is 21.5. The van der Waals surface area contributed by atoms with Crippen molar-refractivity contribution in [1.29, 1.82) is 0 Å². The third kappa shape index (κ3) is 2.84. The van der Waals surface area contributed by atoms with E-state index < -0.39 is 22.7 Å². The Bertz CT molecular complexity index is 1370. The highest BCUT2D eigenvalue weighted by atomic mass is 16.2. The van der Waals surface area contributed by atoms with E-state index in [0.717, 1.165) is 22.3 Å². The Balaban J connectivity index is 1.76. The third-order valence-corrected chi connectivity index (χ3v) is 8.41. The first-order valence-corrected chi connectivity index (χ1v) is 12.2. The van der Waals surface area contributed by atoms with E-state index in [1.807, 2.05) is 97.1 Å². The molecular weight excluding hydrogens is 430 g/mol. The van der Waals surface area contributed by atoms with Crippen LogP contribution in [0.2, 0.25) is 0 Å². The fraction of sp³-hybridized carbons (Fsp3) is 0.188. The van der Waals surface area contributed by atoms with Crippen LogP contribution >= 0.6 is 0 Å². The first-order valence-electron chi connectivity index (χ1n) is 12.2. The minimum Gasteiger partial charge on any atom is -0.369 e. The zero-order chi connectivity index (χ0) is 24.0. The fourth-order valence-electron chi connectivity index (χ4n) is 7.24. The van der Waals surface area contributed by atoms with Gasteiger partial charge >= 0.3 is 0 Å². The molecule has 1 amide bonds. The molecule has 35 heavy (non-hydrogen) atoms. The van der Waals surface area contributed by atoms with Crippen LogP contribution in [0.5, 0.6) is 0 Å². The molecule has 2 fully saturated rings. The number of carbonyl (C=O) groups is 2. The van der Waals surface area contributed by atoms with Crippen molar-refractivity contribution in [2.75, 3.05) is 0 Å². The Labute approximate surface area is 205 Å². The number of ketones is 1. The second-order valence-corrected chi connectivity index (χ2v) is 9.84. The minimum absolute atomic E-state index is 0.105. The number of amides is 1. The molecule has 3 heteroatoms. The lowest BCUT2D eigenvalue weighted by atomic mass is 9.55. The van der Waals surface area contributed by atoms with Gasteiger partial charge in [0.25, 0.3) is 0 Å². The summed E-state index contributed by atoms with van der Waals surface area (Å²) in [5.74, 6) is -1.30. The van der Waals surface area contributed by atoms with Gasteiger partial charge in [0.15, 0.2) is 5.78 Å². The SMILES string of the molecule is NC(=O)[C@H]1C[C@]2(c3ccccc3)C(=O)[C@@]1(c1ccccc1)C(c1ccccc1)C2c1ccccc1. The van der Waals surface area contributed by atoms with Crippen molar-refractivity contribution in [2.24, 2.45) is 11.7 Å². The minimum atomic E-state index is -1.05. The zero-order valence-corrected chi connectivity index (χ0v) is 19.4. The summed E-state index contributed by atoms with van der Waals surface area (Å²) in [5, 5.41) is 0. The van der Waals surface area contributed by atoms with Crippen LogP contribution in [-0.4, -0.2) is 11.7 Å². The molecule has 0 radical (unpaired) electrons. The van der Waals surface area contributed by atoms with Crippen LogP contribution in [0.1, 0.15) is 40.5 Å². The van der Waals surface area contributed by atoms with Crippen molar-refractivity contribution in [3.05, 3.63) is 144 Å². The predicted octanol–water partition coefficient (Wildman–Crippen LogP) is 5.52. The summed E-state index contributed by atoms with van der Waals surface area (Å²) >= 11 is 0. The molecule has 5 atom stereocenters. The monoisotopic (exact) mass is 457 g/mol. The van der Waals surface area contributed by atoms with Gasteiger partial charge in [-0.25, -0.2) is 0 Å². The van der Waals surface area contributed by atoms with Crippen LogP contribution in [0.4, 0.5) is 0 Å². The van der Waals surface area contributed by atoms with Crippen LogP contribution < -0.4 is 5.73 Å². The largest absolute Gasteiger partial charge is 0.369 e. The van der Waals surface area contributed by atoms with E-state index in [9.17, 15) is 4.79 Å². The van der Waals surface area contributed by atoms with E-state index in [2.05, 4.69) is 24.3 Å². The molecule has 6 rings (SSSR count). The summed E-state index contributed by atoms with van der Waals surface area (Å²) in [6.07, 6.45) is 0.406. The van der Waals surface area contributed by atoms with Crippen LogP contribution in [0.25, 0.3) is 0 Å². The van der Waals surface area contributed by atoms with Crippen LogP contribution in [0.15, 0.2) is 121 Å². The Kier molecular flexibility index (Phi) is 4.96. The van der Waals surface area contributed by atoms with E-state index in [1.54, 1.807) is 0 Å². The van der Waals surface area contributed by atoms with Crippen LogP contribution in [0.3, 0.4) is 0 Å². The summed E-state index contributed by atoms with van der Waals surface area (Å²) in [6.45, 7) is 0. The molecule has 0 spiro atoms. The van der Waals surface area contributed by atoms with Gasteiger partial charge in [-0.15, -0.1) is 0 Å². The van der Waals surface area contributed by atoms with Gasteiger partial charge in [-0.2, -0.15) is 0 Å². The van der Waals surface area contributed by atoms with Crippen LogP contribution in [-0.2, 0) is 20.4 Å². The normalized spacial score (nSPS) is 29.3. The van der Waals surface area contributed by atoms with Gasteiger partial charge in [-0.3, -0.25) is 9.59 Å². The highest BCUT2D eigenvalue weighted by Gasteiger charge is 2.78. The van der Waals surface area contributed by atoms with Gasteiger partial charge in [-0.05, 0) is 28.7 Å². The summed E-state index contributed by atoms with van der Waals surface area (Å²) in [6, 6.07) is 40.4. The summed E-state index contributed by atoms with van der Waals surface area (Å²) in [7, 11) is 0. The van der Waals surface area contributed by atoms with Gasteiger partial charge in [0.2, 0.25) is 5.91 Å². The smallest absolute Gasteiger partial charge is 0.221 e. The fourth-order valence-corrected chi connectivity index (χ4v) is 7.24. The Morgan fingerprint density at radius 3 is 1.54 bits per heavy atom. The third-order valence-electron chi connectivity index (χ3n) is 8.41. The highest BCUT2D eigenvalue weighted by molar-refractivity contribution is 6.10. The van der Waals surface area contributed by atoms with Gasteiger partial charge < -0.3 is 5.73 Å². The van der Waals surface area contributed by atoms with E-state index in [1.165, 1.54) is 0 Å². The average molecular weight is 458 g/mol. The Hall–Kier alpha value is -3.98. The quantitative estimate of drug-likeness (QED) is 0.429. The lowest BCUT2D eigenvalue weighted by Gasteiger charge is -2.45. The second-order valence-electron chi connectivity index (χ2n) is 9.84. The molecule has 2 saturated carbocycles. The number of nitrogens with two attached hydrogens (primary N) is 1. The number of primary amides is 1. The number of hydrogen-bond acceptors (Lipinski definition) is 2. The van der Waals surface area contributed by atoms with Gasteiger partial charge in [0, 0.05) is 11.8 Å². The lowest BCUT2D eigenvalue weighted by Crippen LogP contribution is -2.48. The Morgan fingerprint density at radius 2 is 1.06 bits per heavy atom. The lowest BCUT2D eigenvalue weighted by molar-refractivity contribution is -0.129. The van der Waals surface area contributed by atoms with Crippen LogP contribution in [0, 0.1) is 5.92 Å². The second kappa shape index (κ2) is 8.06. The van der Waals surface area contributed by atoms with Gasteiger partial charge in [-0.1, -0.05) is 121 Å². The molecule has 0 saturated heterocycles. The summed E-state index contributed by atoms with van der Waals surface area (Å²) in [4.78, 5) is 28.3. The van der Waals surface area contributed by atoms with Gasteiger partial charge in [0.05, 0.1) is 16.7 Å². The maximum absolute atomic E-state index is 15.1.